The summed E-state index contributed by atoms with van der Waals surface area (Å²) in [6, 6.07) is 9.63. The molecule has 4 nitrogen and oxygen atoms in total. The molecule has 122 valence electrons. The molecule has 2 aromatic carbocycles. The molecule has 0 fully saturated rings. The van der Waals surface area contributed by atoms with Crippen molar-refractivity contribution in [2.24, 2.45) is 0 Å². The van der Waals surface area contributed by atoms with Gasteiger partial charge in [0.25, 0.3) is 5.91 Å². The molecular weight excluding hydrogens is 314 g/mol. The van der Waals surface area contributed by atoms with E-state index in [9.17, 15) is 18.4 Å². The summed E-state index contributed by atoms with van der Waals surface area (Å²) in [5, 5.41) is 2.88. The van der Waals surface area contributed by atoms with E-state index in [1.807, 2.05) is 6.92 Å². The van der Waals surface area contributed by atoms with Crippen LogP contribution in [0.5, 0.6) is 0 Å². The number of carbonyl (C=O) groups excluding carboxylic acids is 1. The topological polar surface area (TPSA) is 62.0 Å². The number of aromatic amines is 1. The molecule has 0 saturated carbocycles. The molecule has 1 heterocycles. The lowest BCUT2D eigenvalue weighted by Crippen LogP contribution is -2.15. The summed E-state index contributed by atoms with van der Waals surface area (Å²) < 4.78 is 26.9. The highest BCUT2D eigenvalue weighted by molar-refractivity contribution is 6.05. The molecule has 0 unspecified atom stereocenters. The second-order valence-electron chi connectivity index (χ2n) is 5.33. The van der Waals surface area contributed by atoms with Gasteiger partial charge in [-0.25, -0.2) is 8.78 Å². The van der Waals surface area contributed by atoms with Crippen molar-refractivity contribution in [2.45, 2.75) is 13.3 Å². The van der Waals surface area contributed by atoms with Gasteiger partial charge in [-0.05, 0) is 36.8 Å². The Morgan fingerprint density at radius 2 is 1.96 bits per heavy atom. The number of nitrogens with one attached hydrogen (secondary N) is 2. The molecule has 0 spiro atoms. The Balaban J connectivity index is 1.96. The van der Waals surface area contributed by atoms with Crippen molar-refractivity contribution < 1.29 is 13.6 Å². The molecule has 0 radical (unpaired) electrons. The fourth-order valence-corrected chi connectivity index (χ4v) is 2.45. The number of rotatable bonds is 3. The third kappa shape index (κ3) is 2.90. The number of aryl methyl sites for hydroxylation is 1. The van der Waals surface area contributed by atoms with Crippen LogP contribution in [-0.4, -0.2) is 10.9 Å². The van der Waals surface area contributed by atoms with E-state index >= 15 is 0 Å². The Kier molecular flexibility index (Phi) is 4.12. The average molecular weight is 328 g/mol. The summed E-state index contributed by atoms with van der Waals surface area (Å²) in [7, 11) is 0. The first-order valence-electron chi connectivity index (χ1n) is 7.41. The largest absolute Gasteiger partial charge is 0.358 e. The maximum atomic E-state index is 13.7. The predicted molar refractivity (Wildman–Crippen MR) is 88.3 cm³/mol. The van der Waals surface area contributed by atoms with E-state index in [2.05, 4.69) is 10.3 Å². The van der Waals surface area contributed by atoms with E-state index in [0.717, 1.165) is 11.8 Å². The minimum atomic E-state index is -1.21. The van der Waals surface area contributed by atoms with E-state index in [1.54, 1.807) is 12.1 Å². The average Bonchev–Trinajstić information content (AvgIpc) is 2.57. The molecule has 0 saturated heterocycles. The number of anilines is 1. The Hall–Kier alpha value is -3.02. The molecule has 1 amide bonds. The molecule has 0 aliphatic carbocycles. The van der Waals surface area contributed by atoms with E-state index in [4.69, 9.17) is 0 Å². The van der Waals surface area contributed by atoms with Gasteiger partial charge < -0.3 is 10.3 Å². The quantitative estimate of drug-likeness (QED) is 0.771. The van der Waals surface area contributed by atoms with Crippen LogP contribution in [-0.2, 0) is 6.42 Å². The molecule has 24 heavy (non-hydrogen) atoms. The number of fused-ring (bicyclic) bond motifs is 1. The number of H-pyrrole nitrogens is 1. The number of carbonyl (C=O) groups is 1. The highest BCUT2D eigenvalue weighted by Crippen LogP contribution is 2.18. The van der Waals surface area contributed by atoms with E-state index < -0.39 is 23.1 Å². The standard InChI is InChI=1S/C18H14F2N2O2/c1-2-10-9-16(23)13-8-11(6-7-15(13)21-10)22-18(24)12-4-3-5-14(19)17(12)20/h3-9H,2H2,1H3,(H,21,23)(H,22,24). The lowest BCUT2D eigenvalue weighted by Gasteiger charge is -2.08. The summed E-state index contributed by atoms with van der Waals surface area (Å²) in [5.41, 5.74) is 1.21. The number of halogens is 2. The van der Waals surface area contributed by atoms with Crippen LogP contribution in [0.3, 0.4) is 0 Å². The van der Waals surface area contributed by atoms with Crippen LogP contribution in [0.1, 0.15) is 23.0 Å². The molecule has 0 bridgehead atoms. The van der Waals surface area contributed by atoms with E-state index in [-0.39, 0.29) is 5.43 Å². The minimum absolute atomic E-state index is 0.173. The number of amides is 1. The van der Waals surface area contributed by atoms with Gasteiger partial charge in [0.2, 0.25) is 0 Å². The van der Waals surface area contributed by atoms with Crippen LogP contribution in [0, 0.1) is 11.6 Å². The normalized spacial score (nSPS) is 10.8. The monoisotopic (exact) mass is 328 g/mol. The van der Waals surface area contributed by atoms with Gasteiger partial charge in [0, 0.05) is 28.4 Å². The Morgan fingerprint density at radius 1 is 1.17 bits per heavy atom. The van der Waals surface area contributed by atoms with Crippen LogP contribution in [0.15, 0.2) is 47.3 Å². The third-order valence-corrected chi connectivity index (χ3v) is 3.72. The first-order valence-corrected chi connectivity index (χ1v) is 7.41. The Morgan fingerprint density at radius 3 is 2.71 bits per heavy atom. The van der Waals surface area contributed by atoms with Crippen LogP contribution in [0.25, 0.3) is 10.9 Å². The molecule has 1 aromatic heterocycles. The van der Waals surface area contributed by atoms with Crippen LogP contribution >= 0.6 is 0 Å². The summed E-state index contributed by atoms with van der Waals surface area (Å²) in [6.07, 6.45) is 0.697. The molecule has 3 rings (SSSR count). The molecule has 3 aromatic rings. The maximum absolute atomic E-state index is 13.7. The molecule has 2 N–H and O–H groups in total. The molecule has 0 aliphatic rings. The number of aromatic nitrogens is 1. The van der Waals surface area contributed by atoms with Gasteiger partial charge >= 0.3 is 0 Å². The van der Waals surface area contributed by atoms with Gasteiger partial charge in [0.05, 0.1) is 5.56 Å². The van der Waals surface area contributed by atoms with Crippen molar-refractivity contribution in [3.8, 4) is 0 Å². The van der Waals surface area contributed by atoms with Crippen molar-refractivity contribution in [1.29, 1.82) is 0 Å². The van der Waals surface area contributed by atoms with Crippen molar-refractivity contribution in [2.75, 3.05) is 5.32 Å². The zero-order valence-corrected chi connectivity index (χ0v) is 12.8. The third-order valence-electron chi connectivity index (χ3n) is 3.72. The Bertz CT molecular complexity index is 996. The van der Waals surface area contributed by atoms with Gasteiger partial charge in [-0.3, -0.25) is 9.59 Å². The number of hydrogen-bond acceptors (Lipinski definition) is 2. The van der Waals surface area contributed by atoms with E-state index in [0.29, 0.717) is 23.0 Å². The van der Waals surface area contributed by atoms with Crippen molar-refractivity contribution >= 4 is 22.5 Å². The predicted octanol–water partition coefficient (Wildman–Crippen LogP) is 3.62. The Labute approximate surface area is 136 Å². The highest BCUT2D eigenvalue weighted by Gasteiger charge is 2.15. The maximum Gasteiger partial charge on any atom is 0.258 e. The van der Waals surface area contributed by atoms with Gasteiger partial charge in [-0.1, -0.05) is 13.0 Å². The zero-order chi connectivity index (χ0) is 17.3. The highest BCUT2D eigenvalue weighted by atomic mass is 19.2. The SMILES string of the molecule is CCc1cc(=O)c2cc(NC(=O)c3cccc(F)c3F)ccc2[nH]1. The van der Waals surface area contributed by atoms with Crippen LogP contribution < -0.4 is 10.7 Å². The second kappa shape index (κ2) is 6.23. The summed E-state index contributed by atoms with van der Waals surface area (Å²) in [5.74, 6) is -3.08. The van der Waals surface area contributed by atoms with Gasteiger partial charge in [-0.15, -0.1) is 0 Å². The first kappa shape index (κ1) is 15.9. The lowest BCUT2D eigenvalue weighted by molar-refractivity contribution is 0.102. The van der Waals surface area contributed by atoms with Crippen molar-refractivity contribution in [1.82, 2.24) is 4.98 Å². The second-order valence-corrected chi connectivity index (χ2v) is 5.33. The van der Waals surface area contributed by atoms with E-state index in [1.165, 1.54) is 24.3 Å². The van der Waals surface area contributed by atoms with Crippen LogP contribution in [0.4, 0.5) is 14.5 Å². The van der Waals surface area contributed by atoms with Crippen molar-refractivity contribution in [3.05, 3.63) is 75.6 Å². The smallest absolute Gasteiger partial charge is 0.258 e. The zero-order valence-electron chi connectivity index (χ0n) is 12.8. The van der Waals surface area contributed by atoms with Gasteiger partial charge in [0.15, 0.2) is 17.1 Å². The summed E-state index contributed by atoms with van der Waals surface area (Å²) in [6.45, 7) is 1.93. The summed E-state index contributed by atoms with van der Waals surface area (Å²) in [4.78, 5) is 27.4. The number of hydrogen-bond donors (Lipinski definition) is 2. The molecule has 6 heteroatoms. The van der Waals surface area contributed by atoms with Gasteiger partial charge in [-0.2, -0.15) is 0 Å². The minimum Gasteiger partial charge on any atom is -0.358 e. The molecule has 0 atom stereocenters. The van der Waals surface area contributed by atoms with Gasteiger partial charge in [0.1, 0.15) is 0 Å². The fraction of sp³-hybridized carbons (Fsp3) is 0.111. The first-order chi connectivity index (χ1) is 11.5. The fourth-order valence-electron chi connectivity index (χ4n) is 2.45. The van der Waals surface area contributed by atoms with Crippen LogP contribution in [0.2, 0.25) is 0 Å². The lowest BCUT2D eigenvalue weighted by atomic mass is 10.1. The number of pyridine rings is 1. The number of benzene rings is 2. The molecule has 0 aliphatic heterocycles. The van der Waals surface area contributed by atoms with Crippen molar-refractivity contribution in [3.63, 3.8) is 0 Å². The molecular formula is C18H14F2N2O2. The summed E-state index contributed by atoms with van der Waals surface area (Å²) >= 11 is 0.